The molecule has 16 heavy (non-hydrogen) atoms. The molecule has 0 amide bonds. The standard InChI is InChI=1S/C13H17NO2/c15-9-11-1-3-13(4-2-11)14-7-5-12(10-16)6-8-14/h1-4,9,12,16H,5-8,10H2. The number of piperidine rings is 1. The number of hydrogen-bond donors (Lipinski definition) is 1. The summed E-state index contributed by atoms with van der Waals surface area (Å²) < 4.78 is 0. The molecule has 1 N–H and O–H groups in total. The first-order valence-corrected chi connectivity index (χ1v) is 5.74. The number of benzene rings is 1. The Balaban J connectivity index is 1.99. The van der Waals surface area contributed by atoms with Crippen LogP contribution in [-0.4, -0.2) is 31.1 Å². The van der Waals surface area contributed by atoms with Gasteiger partial charge in [-0.1, -0.05) is 0 Å². The topological polar surface area (TPSA) is 40.5 Å². The van der Waals surface area contributed by atoms with Gasteiger partial charge in [-0.15, -0.1) is 0 Å². The van der Waals surface area contributed by atoms with Gasteiger partial charge in [0, 0.05) is 30.9 Å². The second-order valence-corrected chi connectivity index (χ2v) is 4.32. The molecule has 3 nitrogen and oxygen atoms in total. The number of anilines is 1. The molecule has 0 aromatic heterocycles. The van der Waals surface area contributed by atoms with E-state index in [9.17, 15) is 4.79 Å². The molecule has 1 heterocycles. The lowest BCUT2D eigenvalue weighted by molar-refractivity contribution is 0.112. The Morgan fingerprint density at radius 2 is 1.88 bits per heavy atom. The lowest BCUT2D eigenvalue weighted by atomic mass is 9.97. The predicted molar refractivity (Wildman–Crippen MR) is 63.9 cm³/mol. The maximum atomic E-state index is 10.5. The first kappa shape index (κ1) is 11.1. The molecule has 1 aliphatic heterocycles. The van der Waals surface area contributed by atoms with Crippen molar-refractivity contribution in [2.24, 2.45) is 5.92 Å². The first-order chi connectivity index (χ1) is 7.83. The molecule has 0 atom stereocenters. The van der Waals surface area contributed by atoms with Gasteiger partial charge in [0.1, 0.15) is 6.29 Å². The third kappa shape index (κ3) is 2.42. The number of carbonyl (C=O) groups is 1. The zero-order valence-electron chi connectivity index (χ0n) is 9.30. The molecule has 0 bridgehead atoms. The molecule has 0 aliphatic carbocycles. The van der Waals surface area contributed by atoms with Crippen molar-refractivity contribution in [2.45, 2.75) is 12.8 Å². The summed E-state index contributed by atoms with van der Waals surface area (Å²) in [7, 11) is 0. The zero-order valence-corrected chi connectivity index (χ0v) is 9.30. The Bertz CT molecular complexity index is 339. The zero-order chi connectivity index (χ0) is 11.4. The van der Waals surface area contributed by atoms with E-state index in [2.05, 4.69) is 4.90 Å². The summed E-state index contributed by atoms with van der Waals surface area (Å²) in [6.45, 7) is 2.29. The third-order valence-electron chi connectivity index (χ3n) is 3.27. The molecular weight excluding hydrogens is 202 g/mol. The van der Waals surface area contributed by atoms with Crippen LogP contribution < -0.4 is 4.90 Å². The highest BCUT2D eigenvalue weighted by atomic mass is 16.3. The normalized spacial score (nSPS) is 17.4. The average molecular weight is 219 g/mol. The molecular formula is C13H17NO2. The van der Waals surface area contributed by atoms with Crippen LogP contribution in [0.15, 0.2) is 24.3 Å². The van der Waals surface area contributed by atoms with Crippen molar-refractivity contribution in [3.63, 3.8) is 0 Å². The molecule has 86 valence electrons. The van der Waals surface area contributed by atoms with Crippen molar-refractivity contribution >= 4 is 12.0 Å². The molecule has 0 radical (unpaired) electrons. The van der Waals surface area contributed by atoms with Gasteiger partial charge in [0.15, 0.2) is 0 Å². The van der Waals surface area contributed by atoms with Crippen molar-refractivity contribution in [1.82, 2.24) is 0 Å². The first-order valence-electron chi connectivity index (χ1n) is 5.74. The minimum absolute atomic E-state index is 0.303. The Hall–Kier alpha value is -1.35. The molecule has 2 rings (SSSR count). The molecule has 1 fully saturated rings. The van der Waals surface area contributed by atoms with Crippen LogP contribution >= 0.6 is 0 Å². The van der Waals surface area contributed by atoms with E-state index in [1.165, 1.54) is 5.69 Å². The van der Waals surface area contributed by atoms with Crippen LogP contribution in [0.5, 0.6) is 0 Å². The third-order valence-corrected chi connectivity index (χ3v) is 3.27. The highest BCUT2D eigenvalue weighted by Crippen LogP contribution is 2.22. The van der Waals surface area contributed by atoms with Gasteiger partial charge < -0.3 is 10.0 Å². The molecule has 0 saturated carbocycles. The number of aliphatic hydroxyl groups is 1. The van der Waals surface area contributed by atoms with Crippen LogP contribution in [0, 0.1) is 5.92 Å². The quantitative estimate of drug-likeness (QED) is 0.787. The van der Waals surface area contributed by atoms with Gasteiger partial charge in [-0.05, 0) is 43.0 Å². The predicted octanol–water partition coefficient (Wildman–Crippen LogP) is 1.71. The van der Waals surface area contributed by atoms with E-state index in [0.717, 1.165) is 32.2 Å². The molecule has 1 aromatic carbocycles. The Morgan fingerprint density at radius 1 is 1.25 bits per heavy atom. The van der Waals surface area contributed by atoms with Crippen LogP contribution in [0.1, 0.15) is 23.2 Å². The van der Waals surface area contributed by atoms with Crippen molar-refractivity contribution in [2.75, 3.05) is 24.6 Å². The Morgan fingerprint density at radius 3 is 2.38 bits per heavy atom. The fourth-order valence-electron chi connectivity index (χ4n) is 2.14. The molecule has 1 aromatic rings. The molecule has 0 unspecified atom stereocenters. The summed E-state index contributed by atoms with van der Waals surface area (Å²) in [4.78, 5) is 12.8. The summed E-state index contributed by atoms with van der Waals surface area (Å²) >= 11 is 0. The molecule has 0 spiro atoms. The van der Waals surface area contributed by atoms with Crippen LogP contribution in [0.25, 0.3) is 0 Å². The highest BCUT2D eigenvalue weighted by Gasteiger charge is 2.18. The molecule has 1 saturated heterocycles. The SMILES string of the molecule is O=Cc1ccc(N2CCC(CO)CC2)cc1. The van der Waals surface area contributed by atoms with Crippen molar-refractivity contribution < 1.29 is 9.90 Å². The van der Waals surface area contributed by atoms with E-state index in [1.54, 1.807) is 0 Å². The smallest absolute Gasteiger partial charge is 0.150 e. The summed E-state index contributed by atoms with van der Waals surface area (Å²) in [6.07, 6.45) is 2.96. The van der Waals surface area contributed by atoms with Gasteiger partial charge in [-0.25, -0.2) is 0 Å². The number of hydrogen-bond acceptors (Lipinski definition) is 3. The molecule has 3 heteroatoms. The van der Waals surface area contributed by atoms with Gasteiger partial charge in [0.25, 0.3) is 0 Å². The van der Waals surface area contributed by atoms with E-state index >= 15 is 0 Å². The molecule has 1 aliphatic rings. The second-order valence-electron chi connectivity index (χ2n) is 4.32. The van der Waals surface area contributed by atoms with Crippen molar-refractivity contribution in [3.8, 4) is 0 Å². The van der Waals surface area contributed by atoms with Gasteiger partial charge in [-0.3, -0.25) is 4.79 Å². The van der Waals surface area contributed by atoms with Gasteiger partial charge in [0.05, 0.1) is 0 Å². The van der Waals surface area contributed by atoms with E-state index in [4.69, 9.17) is 5.11 Å². The van der Waals surface area contributed by atoms with Gasteiger partial charge in [0.2, 0.25) is 0 Å². The fraction of sp³-hybridized carbons (Fsp3) is 0.462. The lowest BCUT2D eigenvalue weighted by Crippen LogP contribution is -2.34. The van der Waals surface area contributed by atoms with Gasteiger partial charge in [-0.2, -0.15) is 0 Å². The van der Waals surface area contributed by atoms with Crippen molar-refractivity contribution in [1.29, 1.82) is 0 Å². The second kappa shape index (κ2) is 5.12. The van der Waals surface area contributed by atoms with E-state index in [0.29, 0.717) is 18.1 Å². The van der Waals surface area contributed by atoms with E-state index in [-0.39, 0.29) is 0 Å². The van der Waals surface area contributed by atoms with Crippen LogP contribution in [0.3, 0.4) is 0 Å². The Kier molecular flexibility index (Phi) is 3.57. The number of rotatable bonds is 3. The van der Waals surface area contributed by atoms with Crippen molar-refractivity contribution in [3.05, 3.63) is 29.8 Å². The van der Waals surface area contributed by atoms with E-state index in [1.807, 2.05) is 24.3 Å². The van der Waals surface area contributed by atoms with Crippen LogP contribution in [0.4, 0.5) is 5.69 Å². The summed E-state index contributed by atoms with van der Waals surface area (Å²) in [5.74, 6) is 0.463. The largest absolute Gasteiger partial charge is 0.396 e. The van der Waals surface area contributed by atoms with Crippen LogP contribution in [0.2, 0.25) is 0 Å². The maximum Gasteiger partial charge on any atom is 0.150 e. The number of aldehydes is 1. The fourth-order valence-corrected chi connectivity index (χ4v) is 2.14. The van der Waals surface area contributed by atoms with E-state index < -0.39 is 0 Å². The minimum Gasteiger partial charge on any atom is -0.396 e. The summed E-state index contributed by atoms with van der Waals surface area (Å²) in [5.41, 5.74) is 1.89. The monoisotopic (exact) mass is 219 g/mol. The van der Waals surface area contributed by atoms with Gasteiger partial charge >= 0.3 is 0 Å². The average Bonchev–Trinajstić information content (AvgIpc) is 2.39. The maximum absolute atomic E-state index is 10.5. The highest BCUT2D eigenvalue weighted by molar-refractivity contribution is 5.75. The number of aliphatic hydroxyl groups excluding tert-OH is 1. The number of nitrogens with zero attached hydrogens (tertiary/aromatic N) is 1. The lowest BCUT2D eigenvalue weighted by Gasteiger charge is -2.32. The Labute approximate surface area is 95.7 Å². The van der Waals surface area contributed by atoms with Crippen LogP contribution in [-0.2, 0) is 0 Å². The summed E-state index contributed by atoms with van der Waals surface area (Å²) in [5, 5.41) is 9.06. The number of carbonyl (C=O) groups excluding carboxylic acids is 1. The minimum atomic E-state index is 0.303. The summed E-state index contributed by atoms with van der Waals surface area (Å²) in [6, 6.07) is 7.67.